The number of amides is 1. The van der Waals surface area contributed by atoms with Crippen molar-refractivity contribution < 1.29 is 4.79 Å². The van der Waals surface area contributed by atoms with Crippen molar-refractivity contribution in [2.45, 2.75) is 13.3 Å². The number of nitrogens with zero attached hydrogens (tertiary/aromatic N) is 2. The molecule has 0 aliphatic rings. The van der Waals surface area contributed by atoms with Crippen molar-refractivity contribution in [1.29, 1.82) is 0 Å². The summed E-state index contributed by atoms with van der Waals surface area (Å²) in [6.45, 7) is 2.60. The van der Waals surface area contributed by atoms with Gasteiger partial charge < -0.3 is 16.8 Å². The van der Waals surface area contributed by atoms with E-state index in [1.54, 1.807) is 12.1 Å². The Morgan fingerprint density at radius 3 is 2.59 bits per heavy atom. The van der Waals surface area contributed by atoms with Crippen molar-refractivity contribution in [3.63, 3.8) is 0 Å². The van der Waals surface area contributed by atoms with E-state index < -0.39 is 5.91 Å². The van der Waals surface area contributed by atoms with Crippen LogP contribution in [0.3, 0.4) is 0 Å². The highest BCUT2D eigenvalue weighted by molar-refractivity contribution is 6.31. The van der Waals surface area contributed by atoms with E-state index >= 15 is 0 Å². The molecule has 0 saturated carbocycles. The summed E-state index contributed by atoms with van der Waals surface area (Å²) >= 11 is 6.21. The van der Waals surface area contributed by atoms with E-state index in [2.05, 4.69) is 15.3 Å². The lowest BCUT2D eigenvalue weighted by atomic mass is 10.1. The van der Waals surface area contributed by atoms with Gasteiger partial charge in [0.15, 0.2) is 0 Å². The van der Waals surface area contributed by atoms with Crippen LogP contribution in [0, 0.1) is 6.92 Å². The lowest BCUT2D eigenvalue weighted by Gasteiger charge is -2.11. The van der Waals surface area contributed by atoms with E-state index in [0.717, 1.165) is 28.8 Å². The van der Waals surface area contributed by atoms with E-state index in [1.807, 2.05) is 43.3 Å². The van der Waals surface area contributed by atoms with E-state index in [-0.39, 0.29) is 5.95 Å². The molecule has 138 valence electrons. The smallest absolute Gasteiger partial charge is 0.248 e. The van der Waals surface area contributed by atoms with Crippen LogP contribution in [0.2, 0.25) is 5.02 Å². The molecule has 1 amide bonds. The zero-order chi connectivity index (χ0) is 19.4. The predicted octanol–water partition coefficient (Wildman–Crippen LogP) is 3.44. The number of hydrogen-bond donors (Lipinski definition) is 3. The Labute approximate surface area is 162 Å². The lowest BCUT2D eigenvalue weighted by Crippen LogP contribution is -2.11. The molecular formula is C20H20ClN5O. The number of carbonyl (C=O) groups is 1. The van der Waals surface area contributed by atoms with Crippen LogP contribution in [0.1, 0.15) is 21.5 Å². The maximum Gasteiger partial charge on any atom is 0.248 e. The SMILES string of the molecule is Cc1c(Cl)cccc1-c1cc(NCCc2ccc(C(N)=O)cc2)nc(N)n1. The second-order valence-corrected chi connectivity index (χ2v) is 6.55. The van der Waals surface area contributed by atoms with Crippen LogP contribution in [-0.2, 0) is 6.42 Å². The van der Waals surface area contributed by atoms with Crippen LogP contribution in [0.25, 0.3) is 11.3 Å². The average Bonchev–Trinajstić information content (AvgIpc) is 2.64. The number of aromatic nitrogens is 2. The zero-order valence-corrected chi connectivity index (χ0v) is 15.6. The third-order valence-corrected chi connectivity index (χ3v) is 4.65. The molecule has 3 rings (SSSR count). The van der Waals surface area contributed by atoms with Gasteiger partial charge in [-0.1, -0.05) is 35.9 Å². The summed E-state index contributed by atoms with van der Waals surface area (Å²) in [5, 5.41) is 3.94. The normalized spacial score (nSPS) is 10.6. The Kier molecular flexibility index (Phi) is 5.57. The van der Waals surface area contributed by atoms with Crippen LogP contribution < -0.4 is 16.8 Å². The number of nitrogens with two attached hydrogens (primary N) is 2. The fourth-order valence-electron chi connectivity index (χ4n) is 2.75. The average molecular weight is 382 g/mol. The second-order valence-electron chi connectivity index (χ2n) is 6.15. The molecule has 3 aromatic rings. The van der Waals surface area contributed by atoms with Crippen LogP contribution in [0.5, 0.6) is 0 Å². The number of benzene rings is 2. The number of rotatable bonds is 6. The Balaban J connectivity index is 1.71. The maximum absolute atomic E-state index is 11.1. The number of hydrogen-bond acceptors (Lipinski definition) is 5. The molecular weight excluding hydrogens is 362 g/mol. The topological polar surface area (TPSA) is 107 Å². The summed E-state index contributed by atoms with van der Waals surface area (Å²) in [6.07, 6.45) is 0.758. The molecule has 0 unspecified atom stereocenters. The molecule has 27 heavy (non-hydrogen) atoms. The Morgan fingerprint density at radius 2 is 1.89 bits per heavy atom. The van der Waals surface area contributed by atoms with Crippen molar-refractivity contribution in [2.24, 2.45) is 5.73 Å². The molecule has 0 aliphatic heterocycles. The quantitative estimate of drug-likeness (QED) is 0.606. The maximum atomic E-state index is 11.1. The summed E-state index contributed by atoms with van der Waals surface area (Å²) in [5.41, 5.74) is 15.3. The van der Waals surface area contributed by atoms with Crippen molar-refractivity contribution in [1.82, 2.24) is 9.97 Å². The molecule has 0 atom stereocenters. The lowest BCUT2D eigenvalue weighted by molar-refractivity contribution is 0.100. The van der Waals surface area contributed by atoms with Gasteiger partial charge in [-0.25, -0.2) is 4.98 Å². The molecule has 0 bridgehead atoms. The molecule has 1 heterocycles. The van der Waals surface area contributed by atoms with Crippen LogP contribution in [-0.4, -0.2) is 22.4 Å². The molecule has 5 N–H and O–H groups in total. The largest absolute Gasteiger partial charge is 0.370 e. The van der Waals surface area contributed by atoms with Gasteiger partial charge >= 0.3 is 0 Å². The van der Waals surface area contributed by atoms with E-state index in [0.29, 0.717) is 22.9 Å². The fraction of sp³-hybridized carbons (Fsp3) is 0.150. The molecule has 2 aromatic carbocycles. The van der Waals surface area contributed by atoms with Crippen LogP contribution in [0.15, 0.2) is 48.5 Å². The number of nitrogens with one attached hydrogen (secondary N) is 1. The van der Waals surface area contributed by atoms with Crippen molar-refractivity contribution in [3.05, 3.63) is 70.2 Å². The fourth-order valence-corrected chi connectivity index (χ4v) is 2.92. The minimum absolute atomic E-state index is 0.195. The van der Waals surface area contributed by atoms with Gasteiger partial charge in [-0.2, -0.15) is 4.98 Å². The third kappa shape index (κ3) is 4.54. The molecule has 0 radical (unpaired) electrons. The van der Waals surface area contributed by atoms with Gasteiger partial charge in [0.1, 0.15) is 5.82 Å². The van der Waals surface area contributed by atoms with Gasteiger partial charge in [0, 0.05) is 28.8 Å². The first-order valence-corrected chi connectivity index (χ1v) is 8.84. The molecule has 0 spiro atoms. The van der Waals surface area contributed by atoms with Gasteiger partial charge in [0.05, 0.1) is 5.69 Å². The van der Waals surface area contributed by atoms with E-state index in [1.165, 1.54) is 0 Å². The summed E-state index contributed by atoms with van der Waals surface area (Å²) in [4.78, 5) is 19.7. The van der Waals surface area contributed by atoms with Crippen molar-refractivity contribution in [2.75, 3.05) is 17.6 Å². The van der Waals surface area contributed by atoms with Gasteiger partial charge in [-0.15, -0.1) is 0 Å². The van der Waals surface area contributed by atoms with Gasteiger partial charge in [0.25, 0.3) is 0 Å². The number of primary amides is 1. The van der Waals surface area contributed by atoms with Crippen molar-refractivity contribution >= 4 is 29.3 Å². The number of anilines is 2. The standard InChI is InChI=1S/C20H20ClN5O/c1-12-15(3-2-4-16(12)21)17-11-18(26-20(23)25-17)24-10-9-13-5-7-14(8-6-13)19(22)27/h2-8,11H,9-10H2,1H3,(H2,22,27)(H3,23,24,25,26). The monoisotopic (exact) mass is 381 g/mol. The Morgan fingerprint density at radius 1 is 1.15 bits per heavy atom. The minimum atomic E-state index is -0.431. The summed E-state index contributed by atoms with van der Waals surface area (Å²) in [5.74, 6) is 0.408. The minimum Gasteiger partial charge on any atom is -0.370 e. The number of halogens is 1. The van der Waals surface area contributed by atoms with Crippen LogP contribution in [0.4, 0.5) is 11.8 Å². The molecule has 0 aliphatic carbocycles. The predicted molar refractivity (Wildman–Crippen MR) is 109 cm³/mol. The highest BCUT2D eigenvalue weighted by atomic mass is 35.5. The molecule has 6 nitrogen and oxygen atoms in total. The summed E-state index contributed by atoms with van der Waals surface area (Å²) < 4.78 is 0. The molecule has 7 heteroatoms. The van der Waals surface area contributed by atoms with Crippen molar-refractivity contribution in [3.8, 4) is 11.3 Å². The van der Waals surface area contributed by atoms with Gasteiger partial charge in [0.2, 0.25) is 11.9 Å². The van der Waals surface area contributed by atoms with Gasteiger partial charge in [-0.05, 0) is 42.7 Å². The molecule has 1 aromatic heterocycles. The van der Waals surface area contributed by atoms with Gasteiger partial charge in [-0.3, -0.25) is 4.79 Å². The Hall–Kier alpha value is -3.12. The van der Waals surface area contributed by atoms with E-state index in [4.69, 9.17) is 23.1 Å². The second kappa shape index (κ2) is 8.05. The number of nitrogen functional groups attached to an aromatic ring is 1. The highest BCUT2D eigenvalue weighted by Crippen LogP contribution is 2.28. The highest BCUT2D eigenvalue weighted by Gasteiger charge is 2.09. The molecule has 0 saturated heterocycles. The first-order valence-electron chi connectivity index (χ1n) is 8.46. The van der Waals surface area contributed by atoms with E-state index in [9.17, 15) is 4.79 Å². The zero-order valence-electron chi connectivity index (χ0n) is 14.9. The first kappa shape index (κ1) is 18.7. The number of carbonyl (C=O) groups excluding carboxylic acids is 1. The van der Waals surface area contributed by atoms with Crippen LogP contribution >= 0.6 is 11.6 Å². The third-order valence-electron chi connectivity index (χ3n) is 4.25. The molecule has 0 fully saturated rings. The first-order chi connectivity index (χ1) is 12.9. The Bertz CT molecular complexity index is 973. The summed E-state index contributed by atoms with van der Waals surface area (Å²) in [7, 11) is 0. The summed E-state index contributed by atoms with van der Waals surface area (Å²) in [6, 6.07) is 14.7.